The first-order valence-electron chi connectivity index (χ1n) is 8.68. The molecule has 0 saturated heterocycles. The van der Waals surface area contributed by atoms with E-state index in [0.717, 1.165) is 5.56 Å². The summed E-state index contributed by atoms with van der Waals surface area (Å²) in [5.41, 5.74) is 2.14. The van der Waals surface area contributed by atoms with Crippen molar-refractivity contribution in [2.75, 3.05) is 4.90 Å². The summed E-state index contributed by atoms with van der Waals surface area (Å²) >= 11 is 1.25. The van der Waals surface area contributed by atoms with Gasteiger partial charge in [0.1, 0.15) is 5.75 Å². The van der Waals surface area contributed by atoms with Gasteiger partial charge in [-0.15, -0.1) is 11.3 Å². The Balaban J connectivity index is 1.89. The Morgan fingerprint density at radius 3 is 2.43 bits per heavy atom. The molecule has 0 spiro atoms. The van der Waals surface area contributed by atoms with Gasteiger partial charge in [0.25, 0.3) is 5.91 Å². The second kappa shape index (κ2) is 6.98. The highest BCUT2D eigenvalue weighted by atomic mass is 32.1. The van der Waals surface area contributed by atoms with Gasteiger partial charge in [-0.3, -0.25) is 14.5 Å². The van der Waals surface area contributed by atoms with E-state index in [4.69, 9.17) is 0 Å². The Morgan fingerprint density at radius 1 is 1.04 bits per heavy atom. The highest BCUT2D eigenvalue weighted by molar-refractivity contribution is 7.12. The van der Waals surface area contributed by atoms with Crippen LogP contribution in [0.5, 0.6) is 5.75 Å². The Morgan fingerprint density at radius 2 is 1.79 bits per heavy atom. The van der Waals surface area contributed by atoms with E-state index < -0.39 is 23.5 Å². The van der Waals surface area contributed by atoms with Crippen molar-refractivity contribution in [2.24, 2.45) is 0 Å². The number of phenolic OH excluding ortho intramolecular Hbond substituents is 1. The van der Waals surface area contributed by atoms with Crippen LogP contribution in [0.2, 0.25) is 0 Å². The van der Waals surface area contributed by atoms with Crippen LogP contribution in [0.1, 0.15) is 26.8 Å². The lowest BCUT2D eigenvalue weighted by Gasteiger charge is -2.27. The third-order valence-corrected chi connectivity index (χ3v) is 5.56. The molecule has 3 aromatic rings. The second-order valence-electron chi connectivity index (χ2n) is 6.58. The van der Waals surface area contributed by atoms with Crippen LogP contribution in [-0.2, 0) is 4.79 Å². The van der Waals surface area contributed by atoms with Gasteiger partial charge in [-0.1, -0.05) is 35.9 Å². The van der Waals surface area contributed by atoms with E-state index in [1.807, 2.05) is 19.1 Å². The number of phenols is 1. The molecule has 1 unspecified atom stereocenters. The molecule has 0 fully saturated rings. The van der Waals surface area contributed by atoms with Crippen molar-refractivity contribution in [3.05, 3.63) is 93.4 Å². The summed E-state index contributed by atoms with van der Waals surface area (Å²) in [5, 5.41) is 22.3. The number of aliphatic hydroxyl groups excluding tert-OH is 1. The van der Waals surface area contributed by atoms with E-state index in [1.54, 1.807) is 41.8 Å². The van der Waals surface area contributed by atoms with Crippen LogP contribution in [0, 0.1) is 6.92 Å². The zero-order valence-corrected chi connectivity index (χ0v) is 15.8. The number of anilines is 1. The summed E-state index contributed by atoms with van der Waals surface area (Å²) < 4.78 is 0. The minimum atomic E-state index is -0.836. The van der Waals surface area contributed by atoms with Crippen molar-refractivity contribution >= 4 is 28.7 Å². The summed E-state index contributed by atoms with van der Waals surface area (Å²) in [5.74, 6) is -1.59. The fraction of sp³-hybridized carbons (Fsp3) is 0.0909. The maximum atomic E-state index is 13.1. The Kier molecular flexibility index (Phi) is 4.49. The number of Topliss-reactive ketones (excluding diaryl/α,β-unsaturated/α-hetero) is 1. The lowest BCUT2D eigenvalue weighted by Crippen LogP contribution is -2.31. The summed E-state index contributed by atoms with van der Waals surface area (Å²) in [4.78, 5) is 27.9. The average Bonchev–Trinajstić information content (AvgIpc) is 3.30. The maximum absolute atomic E-state index is 13.1. The van der Waals surface area contributed by atoms with E-state index >= 15 is 0 Å². The molecule has 1 aliphatic rings. The molecule has 1 atom stereocenters. The molecule has 1 aliphatic heterocycles. The molecule has 5 nitrogen and oxygen atoms in total. The standard InChI is InChI=1S/C22H17NO4S/c1-13-7-9-15(10-8-13)23-19(14-4-2-5-16(24)12-14)18(21(26)22(23)27)20(25)17-6-3-11-28-17/h2-12,19,24,26H,1H3. The van der Waals surface area contributed by atoms with Crippen LogP contribution in [0.25, 0.3) is 0 Å². The zero-order valence-electron chi connectivity index (χ0n) is 15.0. The van der Waals surface area contributed by atoms with Crippen molar-refractivity contribution in [1.29, 1.82) is 0 Å². The fourth-order valence-electron chi connectivity index (χ4n) is 3.36. The number of thiophene rings is 1. The minimum absolute atomic E-state index is 0.0126. The Hall–Kier alpha value is -3.38. The van der Waals surface area contributed by atoms with E-state index in [2.05, 4.69) is 0 Å². The lowest BCUT2D eigenvalue weighted by molar-refractivity contribution is -0.117. The van der Waals surface area contributed by atoms with E-state index in [9.17, 15) is 19.8 Å². The quantitative estimate of drug-likeness (QED) is 0.640. The number of nitrogens with zero attached hydrogens (tertiary/aromatic N) is 1. The first-order chi connectivity index (χ1) is 13.5. The van der Waals surface area contributed by atoms with Gasteiger partial charge in [0.15, 0.2) is 5.76 Å². The molecule has 140 valence electrons. The highest BCUT2D eigenvalue weighted by Gasteiger charge is 2.44. The van der Waals surface area contributed by atoms with E-state index in [-0.39, 0.29) is 11.3 Å². The van der Waals surface area contributed by atoms with Gasteiger partial charge in [0.2, 0.25) is 5.78 Å². The van der Waals surface area contributed by atoms with Gasteiger partial charge >= 0.3 is 0 Å². The maximum Gasteiger partial charge on any atom is 0.294 e. The first-order valence-corrected chi connectivity index (χ1v) is 9.56. The van der Waals surface area contributed by atoms with E-state index in [1.165, 1.54) is 28.4 Å². The van der Waals surface area contributed by atoms with Crippen LogP contribution < -0.4 is 4.90 Å². The van der Waals surface area contributed by atoms with Gasteiger partial charge < -0.3 is 10.2 Å². The smallest absolute Gasteiger partial charge is 0.294 e. The number of amides is 1. The number of carbonyl (C=O) groups excluding carboxylic acids is 2. The summed E-state index contributed by atoms with van der Waals surface area (Å²) in [6.45, 7) is 1.93. The molecule has 4 rings (SSSR count). The third kappa shape index (κ3) is 2.97. The van der Waals surface area contributed by atoms with Gasteiger partial charge in [-0.25, -0.2) is 0 Å². The van der Waals surface area contributed by atoms with Gasteiger partial charge in [0, 0.05) is 5.69 Å². The molecule has 2 N–H and O–H groups in total. The van der Waals surface area contributed by atoms with Crippen molar-refractivity contribution in [2.45, 2.75) is 13.0 Å². The molecule has 1 amide bonds. The molecular weight excluding hydrogens is 374 g/mol. The number of hydrogen-bond donors (Lipinski definition) is 2. The SMILES string of the molecule is Cc1ccc(N2C(=O)C(O)=C(C(=O)c3cccs3)C2c2cccc(O)c2)cc1. The first kappa shape index (κ1) is 18.0. The summed E-state index contributed by atoms with van der Waals surface area (Å²) in [7, 11) is 0. The van der Waals surface area contributed by atoms with Crippen LogP contribution in [0.15, 0.2) is 77.4 Å². The number of aliphatic hydroxyl groups is 1. The van der Waals surface area contributed by atoms with Crippen molar-refractivity contribution in [3.63, 3.8) is 0 Å². The zero-order chi connectivity index (χ0) is 19.8. The van der Waals surface area contributed by atoms with Gasteiger partial charge in [0.05, 0.1) is 16.5 Å². The largest absolute Gasteiger partial charge is 0.508 e. The summed E-state index contributed by atoms with van der Waals surface area (Å²) in [6, 6.07) is 16.2. The van der Waals surface area contributed by atoms with Crippen LogP contribution in [0.4, 0.5) is 5.69 Å². The van der Waals surface area contributed by atoms with Crippen LogP contribution in [-0.4, -0.2) is 21.9 Å². The minimum Gasteiger partial charge on any atom is -0.508 e. The topological polar surface area (TPSA) is 77.8 Å². The number of hydrogen-bond acceptors (Lipinski definition) is 5. The Bertz CT molecular complexity index is 1080. The van der Waals surface area contributed by atoms with Crippen molar-refractivity contribution in [3.8, 4) is 5.75 Å². The molecule has 2 aromatic carbocycles. The van der Waals surface area contributed by atoms with Gasteiger partial charge in [-0.2, -0.15) is 0 Å². The number of rotatable bonds is 4. The summed E-state index contributed by atoms with van der Waals surface area (Å²) in [6.07, 6.45) is 0. The molecule has 6 heteroatoms. The third-order valence-electron chi connectivity index (χ3n) is 4.70. The molecule has 0 bridgehead atoms. The lowest BCUT2D eigenvalue weighted by atomic mass is 9.95. The molecule has 0 saturated carbocycles. The second-order valence-corrected chi connectivity index (χ2v) is 7.52. The van der Waals surface area contributed by atoms with Gasteiger partial charge in [-0.05, 0) is 48.2 Å². The molecule has 28 heavy (non-hydrogen) atoms. The van der Waals surface area contributed by atoms with Crippen molar-refractivity contribution in [1.82, 2.24) is 0 Å². The fourth-order valence-corrected chi connectivity index (χ4v) is 4.04. The normalized spacial score (nSPS) is 16.7. The molecule has 1 aromatic heterocycles. The number of aromatic hydroxyl groups is 1. The van der Waals surface area contributed by atoms with Crippen LogP contribution in [0.3, 0.4) is 0 Å². The predicted molar refractivity (Wildman–Crippen MR) is 108 cm³/mol. The molecule has 0 aliphatic carbocycles. The molecule has 0 radical (unpaired) electrons. The Labute approximate surface area is 165 Å². The number of ketones is 1. The molecular formula is C22H17NO4S. The number of benzene rings is 2. The highest BCUT2D eigenvalue weighted by Crippen LogP contribution is 2.42. The number of carbonyl (C=O) groups is 2. The average molecular weight is 391 g/mol. The molecule has 2 heterocycles. The monoisotopic (exact) mass is 391 g/mol. The number of aryl methyl sites for hydroxylation is 1. The predicted octanol–water partition coefficient (Wildman–Crippen LogP) is 4.55. The van der Waals surface area contributed by atoms with Crippen LogP contribution >= 0.6 is 11.3 Å². The van der Waals surface area contributed by atoms with E-state index in [0.29, 0.717) is 16.1 Å². The van der Waals surface area contributed by atoms with Crippen molar-refractivity contribution < 1.29 is 19.8 Å².